The quantitative estimate of drug-likeness (QED) is 0.269. The van der Waals surface area contributed by atoms with Crippen LogP contribution in [0, 0.1) is 5.92 Å². The molecular weight excluding hydrogens is 440 g/mol. The lowest BCUT2D eigenvalue weighted by Crippen LogP contribution is -2.30. The number of carboxylic acids is 2. The zero-order valence-corrected chi connectivity index (χ0v) is 20.2. The van der Waals surface area contributed by atoms with E-state index in [1.807, 2.05) is 6.92 Å². The van der Waals surface area contributed by atoms with E-state index in [2.05, 4.69) is 5.32 Å². The zero-order valence-electron chi connectivity index (χ0n) is 20.2. The number of hydrogen-bond donors (Lipinski definition) is 6. The first-order chi connectivity index (χ1) is 15.7. The van der Waals surface area contributed by atoms with E-state index in [1.54, 1.807) is 24.3 Å². The Morgan fingerprint density at radius 3 is 2.15 bits per heavy atom. The lowest BCUT2D eigenvalue weighted by Gasteiger charge is -2.18. The van der Waals surface area contributed by atoms with Crippen LogP contribution in [0.15, 0.2) is 24.3 Å². The maximum Gasteiger partial charge on any atom is 0.320 e. The molecule has 0 aliphatic heterocycles. The largest absolute Gasteiger partial charge is 0.481 e. The Balaban J connectivity index is 0. The molecule has 10 nitrogen and oxygen atoms in total. The van der Waals surface area contributed by atoms with Gasteiger partial charge in [-0.3, -0.25) is 19.2 Å². The summed E-state index contributed by atoms with van der Waals surface area (Å²) in [5.74, 6) is -1.10. The van der Waals surface area contributed by atoms with Gasteiger partial charge in [0, 0.05) is 24.1 Å². The van der Waals surface area contributed by atoms with Crippen LogP contribution in [0.5, 0.6) is 0 Å². The summed E-state index contributed by atoms with van der Waals surface area (Å²) < 4.78 is 0. The number of anilines is 1. The molecule has 1 aliphatic carbocycles. The van der Waals surface area contributed by atoms with Gasteiger partial charge in [-0.05, 0) is 68.8 Å². The number of hydrogen-bond acceptors (Lipinski definition) is 7. The van der Waals surface area contributed by atoms with Crippen LogP contribution in [-0.4, -0.2) is 46.9 Å². The molecule has 0 spiro atoms. The smallest absolute Gasteiger partial charge is 0.320 e. The molecule has 2 rings (SSSR count). The number of aliphatic carboxylic acids is 2. The first-order valence-corrected chi connectivity index (χ1v) is 11.5. The fraction of sp³-hybridized carbons (Fsp3) is 0.583. The van der Waals surface area contributed by atoms with Crippen molar-refractivity contribution >= 4 is 29.8 Å². The van der Waals surface area contributed by atoms with Gasteiger partial charge in [-0.25, -0.2) is 0 Å². The van der Waals surface area contributed by atoms with Crippen molar-refractivity contribution in [2.24, 2.45) is 17.4 Å². The lowest BCUT2D eigenvalue weighted by atomic mass is 9.87. The highest BCUT2D eigenvalue weighted by Gasteiger charge is 2.15. The summed E-state index contributed by atoms with van der Waals surface area (Å²) in [6.45, 7) is 2.45. The minimum atomic E-state index is -0.955. The van der Waals surface area contributed by atoms with Gasteiger partial charge < -0.3 is 33.1 Å². The normalized spacial score (nSPS) is 13.5. The zero-order chi connectivity index (χ0) is 25.1. The van der Waals surface area contributed by atoms with Gasteiger partial charge in [0.15, 0.2) is 0 Å². The first-order valence-electron chi connectivity index (χ1n) is 11.5. The molecule has 1 aromatic carbocycles. The molecule has 0 saturated heterocycles. The molecule has 0 aromatic heterocycles. The number of carbonyl (C=O) groups excluding carboxylic acids is 2. The molecule has 1 fully saturated rings. The Hall–Kier alpha value is -2.82. The third-order valence-electron chi connectivity index (χ3n) is 5.03. The molecule has 1 atom stereocenters. The van der Waals surface area contributed by atoms with Crippen LogP contribution in [-0.2, 0) is 14.4 Å². The van der Waals surface area contributed by atoms with Crippen LogP contribution >= 0.6 is 0 Å². The molecule has 0 unspecified atom stereocenters. The highest BCUT2D eigenvalue weighted by molar-refractivity contribution is 5.91. The fourth-order valence-corrected chi connectivity index (χ4v) is 3.20. The Kier molecular flexibility index (Phi) is 20.4. The van der Waals surface area contributed by atoms with E-state index in [4.69, 9.17) is 21.7 Å². The summed E-state index contributed by atoms with van der Waals surface area (Å²) in [4.78, 5) is 41.8. The van der Waals surface area contributed by atoms with Crippen LogP contribution < -0.4 is 22.9 Å². The second kappa shape index (κ2) is 20.8. The maximum absolute atomic E-state index is 11.2. The Morgan fingerprint density at radius 1 is 1.12 bits per heavy atom. The average molecular weight is 483 g/mol. The lowest BCUT2D eigenvalue weighted by molar-refractivity contribution is -0.139. The molecule has 10 heteroatoms. The maximum atomic E-state index is 11.2. The Bertz CT molecular complexity index is 706. The standard InChI is InChI=1S/C11H13NO2.C8H14O2.C5H12N2O2.H3N/c1-2-3-11(14)12-10-6-4-9(8-13)5-7-10;9-8(10)6-7-4-2-1-3-5-7;6-3-1-2-4(7)5(8)9;/h4-8H,2-3H2,1H3,(H,12,14);7H,1-6H2,(H,9,10);4H,1-3,6-7H2,(H,8,9);1H3/t;;4-;/m..0./s1. The molecule has 10 N–H and O–H groups in total. The SMILES string of the molecule is CCCC(=O)Nc1ccc(C=O)cc1.N.NCCC[C@H](N)C(=O)O.O=C(O)CC1CCCCC1. The molecule has 0 radical (unpaired) electrons. The third-order valence-corrected chi connectivity index (χ3v) is 5.03. The Labute approximate surface area is 202 Å². The minimum absolute atomic E-state index is 0. The van der Waals surface area contributed by atoms with Gasteiger partial charge in [0.2, 0.25) is 5.91 Å². The van der Waals surface area contributed by atoms with Crippen molar-refractivity contribution in [2.75, 3.05) is 11.9 Å². The molecule has 0 heterocycles. The van der Waals surface area contributed by atoms with Crippen LogP contribution in [0.3, 0.4) is 0 Å². The van der Waals surface area contributed by atoms with Crippen molar-refractivity contribution in [3.8, 4) is 0 Å². The predicted octanol–water partition coefficient (Wildman–Crippen LogP) is 3.58. The minimum Gasteiger partial charge on any atom is -0.481 e. The van der Waals surface area contributed by atoms with Gasteiger partial charge in [0.1, 0.15) is 12.3 Å². The molecule has 1 aliphatic rings. The Morgan fingerprint density at radius 2 is 1.71 bits per heavy atom. The molecular formula is C24H42N4O6. The molecule has 0 bridgehead atoms. The van der Waals surface area contributed by atoms with Gasteiger partial charge in [0.05, 0.1) is 0 Å². The predicted molar refractivity (Wildman–Crippen MR) is 133 cm³/mol. The van der Waals surface area contributed by atoms with Gasteiger partial charge in [-0.1, -0.05) is 26.2 Å². The number of aldehydes is 1. The van der Waals surface area contributed by atoms with E-state index in [-0.39, 0.29) is 12.1 Å². The summed E-state index contributed by atoms with van der Waals surface area (Å²) in [5, 5.41) is 19.4. The van der Waals surface area contributed by atoms with E-state index < -0.39 is 18.0 Å². The van der Waals surface area contributed by atoms with Crippen LogP contribution in [0.25, 0.3) is 0 Å². The van der Waals surface area contributed by atoms with Gasteiger partial charge >= 0.3 is 11.9 Å². The summed E-state index contributed by atoms with van der Waals surface area (Å²) in [6, 6.07) is 6.05. The van der Waals surface area contributed by atoms with Crippen molar-refractivity contribution < 1.29 is 29.4 Å². The van der Waals surface area contributed by atoms with Crippen molar-refractivity contribution in [1.29, 1.82) is 0 Å². The van der Waals surface area contributed by atoms with Gasteiger partial charge in [0.25, 0.3) is 0 Å². The van der Waals surface area contributed by atoms with E-state index in [9.17, 15) is 19.2 Å². The second-order valence-electron chi connectivity index (χ2n) is 8.02. The molecule has 1 saturated carbocycles. The van der Waals surface area contributed by atoms with Crippen molar-refractivity contribution in [3.05, 3.63) is 29.8 Å². The number of amides is 1. The highest BCUT2D eigenvalue weighted by atomic mass is 16.4. The number of carboxylic acid groups (broad SMARTS) is 2. The van der Waals surface area contributed by atoms with E-state index >= 15 is 0 Å². The van der Waals surface area contributed by atoms with Crippen molar-refractivity contribution in [3.63, 3.8) is 0 Å². The van der Waals surface area contributed by atoms with E-state index in [1.165, 1.54) is 19.3 Å². The fourth-order valence-electron chi connectivity index (χ4n) is 3.20. The summed E-state index contributed by atoms with van der Waals surface area (Å²) in [7, 11) is 0. The van der Waals surface area contributed by atoms with Crippen LogP contribution in [0.4, 0.5) is 5.69 Å². The van der Waals surface area contributed by atoms with Gasteiger partial charge in [-0.15, -0.1) is 0 Å². The topological polar surface area (TPSA) is 208 Å². The monoisotopic (exact) mass is 482 g/mol. The van der Waals surface area contributed by atoms with Crippen LogP contribution in [0.2, 0.25) is 0 Å². The highest BCUT2D eigenvalue weighted by Crippen LogP contribution is 2.25. The van der Waals surface area contributed by atoms with Crippen molar-refractivity contribution in [2.45, 2.75) is 77.2 Å². The summed E-state index contributed by atoms with van der Waals surface area (Å²) >= 11 is 0. The third kappa shape index (κ3) is 17.7. The molecule has 194 valence electrons. The number of nitrogens with one attached hydrogen (secondary N) is 1. The molecule has 1 aromatic rings. The van der Waals surface area contributed by atoms with Gasteiger partial charge in [-0.2, -0.15) is 0 Å². The number of carbonyl (C=O) groups is 4. The second-order valence-corrected chi connectivity index (χ2v) is 8.02. The number of benzene rings is 1. The number of rotatable bonds is 10. The molecule has 1 amide bonds. The van der Waals surface area contributed by atoms with Crippen molar-refractivity contribution in [1.82, 2.24) is 6.15 Å². The summed E-state index contributed by atoms with van der Waals surface area (Å²) in [5.41, 5.74) is 11.6. The summed E-state index contributed by atoms with van der Waals surface area (Å²) in [6.07, 6.45) is 9.69. The van der Waals surface area contributed by atoms with E-state index in [0.717, 1.165) is 31.2 Å². The van der Waals surface area contributed by atoms with E-state index in [0.29, 0.717) is 43.7 Å². The van der Waals surface area contributed by atoms with Crippen LogP contribution in [0.1, 0.15) is 81.5 Å². The first kappa shape index (κ1) is 33.4. The molecule has 34 heavy (non-hydrogen) atoms. The average Bonchev–Trinajstić information content (AvgIpc) is 2.79. The number of nitrogens with two attached hydrogens (primary N) is 2.